The Morgan fingerprint density at radius 2 is 0.926 bits per heavy atom. The van der Waals surface area contributed by atoms with Crippen LogP contribution in [0.15, 0.2) is 0 Å². The highest BCUT2D eigenvalue weighted by molar-refractivity contribution is 5.67. The molecular formula is C17H30O10. The number of hydrogen-bond donors (Lipinski definition) is 4. The fraction of sp³-hybridized carbons (Fsp3) is 0.824. The van der Waals surface area contributed by atoms with E-state index >= 15 is 0 Å². The fourth-order valence-corrected chi connectivity index (χ4v) is 2.10. The van der Waals surface area contributed by atoms with Crippen molar-refractivity contribution in [1.82, 2.24) is 0 Å². The lowest BCUT2D eigenvalue weighted by Gasteiger charge is -2.31. The van der Waals surface area contributed by atoms with Crippen LogP contribution >= 0.6 is 0 Å². The quantitative estimate of drug-likeness (QED) is 0.228. The molecule has 0 aromatic carbocycles. The summed E-state index contributed by atoms with van der Waals surface area (Å²) in [6.07, 6.45) is 0.915. The zero-order chi connectivity index (χ0) is 20.5. The first-order valence-electron chi connectivity index (χ1n) is 8.81. The topological polar surface area (TPSA) is 160 Å². The van der Waals surface area contributed by atoms with Crippen LogP contribution in [-0.4, -0.2) is 84.6 Å². The van der Waals surface area contributed by atoms with Gasteiger partial charge in [-0.15, -0.1) is 0 Å². The van der Waals surface area contributed by atoms with Crippen molar-refractivity contribution in [3.8, 4) is 0 Å². The van der Waals surface area contributed by atoms with Crippen LogP contribution in [0.5, 0.6) is 0 Å². The Labute approximate surface area is 158 Å². The molecule has 0 aromatic rings. The number of rotatable bonds is 19. The SMILES string of the molecule is O=C(O)CCCOCC(CO)(COCCCC(=O)O)COCCCC(=O)O. The lowest BCUT2D eigenvalue weighted by Crippen LogP contribution is -2.41. The molecule has 0 amide bonds. The van der Waals surface area contributed by atoms with Crippen molar-refractivity contribution in [2.75, 3.05) is 46.2 Å². The Balaban J connectivity index is 4.40. The van der Waals surface area contributed by atoms with Crippen molar-refractivity contribution >= 4 is 17.9 Å². The van der Waals surface area contributed by atoms with E-state index in [2.05, 4.69) is 0 Å². The van der Waals surface area contributed by atoms with Crippen LogP contribution < -0.4 is 0 Å². The van der Waals surface area contributed by atoms with E-state index in [1.807, 2.05) is 0 Å². The minimum atomic E-state index is -0.921. The summed E-state index contributed by atoms with van der Waals surface area (Å²) in [5, 5.41) is 35.6. The van der Waals surface area contributed by atoms with Crippen molar-refractivity contribution < 1.29 is 49.0 Å². The van der Waals surface area contributed by atoms with Crippen LogP contribution in [0.4, 0.5) is 0 Å². The van der Waals surface area contributed by atoms with Gasteiger partial charge in [0.05, 0.1) is 31.8 Å². The summed E-state index contributed by atoms with van der Waals surface area (Å²) in [6.45, 7) is 0.497. The van der Waals surface area contributed by atoms with Crippen molar-refractivity contribution in [1.29, 1.82) is 0 Å². The van der Waals surface area contributed by atoms with Crippen LogP contribution in [0.2, 0.25) is 0 Å². The van der Waals surface area contributed by atoms with Crippen LogP contribution in [0, 0.1) is 5.41 Å². The monoisotopic (exact) mass is 394 g/mol. The lowest BCUT2D eigenvalue weighted by atomic mass is 9.92. The molecule has 27 heavy (non-hydrogen) atoms. The maximum Gasteiger partial charge on any atom is 0.303 e. The van der Waals surface area contributed by atoms with Crippen molar-refractivity contribution in [3.63, 3.8) is 0 Å². The van der Waals surface area contributed by atoms with E-state index in [4.69, 9.17) is 29.5 Å². The fourth-order valence-electron chi connectivity index (χ4n) is 2.10. The average Bonchev–Trinajstić information content (AvgIpc) is 2.59. The number of hydrogen-bond acceptors (Lipinski definition) is 7. The molecule has 0 fully saturated rings. The molecule has 0 atom stereocenters. The molecule has 0 spiro atoms. The number of aliphatic carboxylic acids is 3. The van der Waals surface area contributed by atoms with Crippen molar-refractivity contribution in [2.24, 2.45) is 5.41 Å². The molecule has 10 nitrogen and oxygen atoms in total. The molecule has 0 heterocycles. The van der Waals surface area contributed by atoms with E-state index in [1.54, 1.807) is 0 Å². The second kappa shape index (κ2) is 15.3. The number of carbonyl (C=O) groups is 3. The van der Waals surface area contributed by atoms with Gasteiger partial charge in [0.2, 0.25) is 0 Å². The smallest absolute Gasteiger partial charge is 0.303 e. The third-order valence-electron chi connectivity index (χ3n) is 3.60. The maximum atomic E-state index is 10.5. The molecule has 0 saturated carbocycles. The Bertz CT molecular complexity index is 378. The first kappa shape index (κ1) is 25.2. The van der Waals surface area contributed by atoms with Gasteiger partial charge < -0.3 is 34.6 Å². The van der Waals surface area contributed by atoms with E-state index in [0.29, 0.717) is 19.3 Å². The van der Waals surface area contributed by atoms with Crippen LogP contribution in [0.25, 0.3) is 0 Å². The summed E-state index contributed by atoms with van der Waals surface area (Å²) < 4.78 is 16.4. The summed E-state index contributed by atoms with van der Waals surface area (Å²) in [7, 11) is 0. The van der Waals surface area contributed by atoms with Gasteiger partial charge in [-0.1, -0.05) is 0 Å². The number of aliphatic hydroxyl groups is 1. The highest BCUT2D eigenvalue weighted by atomic mass is 16.5. The molecular weight excluding hydrogens is 364 g/mol. The first-order valence-corrected chi connectivity index (χ1v) is 8.81. The third-order valence-corrected chi connectivity index (χ3v) is 3.60. The predicted molar refractivity (Wildman–Crippen MR) is 92.6 cm³/mol. The first-order chi connectivity index (χ1) is 12.8. The van der Waals surface area contributed by atoms with Gasteiger partial charge in [-0.05, 0) is 19.3 Å². The lowest BCUT2D eigenvalue weighted by molar-refractivity contribution is -0.138. The second-order valence-electron chi connectivity index (χ2n) is 6.31. The summed E-state index contributed by atoms with van der Waals surface area (Å²) in [5.41, 5.74) is -0.893. The van der Waals surface area contributed by atoms with Gasteiger partial charge in [-0.2, -0.15) is 0 Å². The van der Waals surface area contributed by atoms with E-state index in [0.717, 1.165) is 0 Å². The molecule has 0 aromatic heterocycles. The average molecular weight is 394 g/mol. The van der Waals surface area contributed by atoms with Gasteiger partial charge in [0.1, 0.15) is 0 Å². The van der Waals surface area contributed by atoms with E-state index in [1.165, 1.54) is 0 Å². The normalized spacial score (nSPS) is 11.4. The molecule has 0 saturated heterocycles. The van der Waals surface area contributed by atoms with E-state index in [-0.39, 0.29) is 65.5 Å². The van der Waals surface area contributed by atoms with Crippen molar-refractivity contribution in [3.05, 3.63) is 0 Å². The number of carboxylic acids is 3. The van der Waals surface area contributed by atoms with Gasteiger partial charge in [0.25, 0.3) is 0 Å². The zero-order valence-electron chi connectivity index (χ0n) is 15.4. The largest absolute Gasteiger partial charge is 0.481 e. The number of ether oxygens (including phenoxy) is 3. The van der Waals surface area contributed by atoms with Gasteiger partial charge in [-0.25, -0.2) is 0 Å². The van der Waals surface area contributed by atoms with Crippen LogP contribution in [-0.2, 0) is 28.6 Å². The molecule has 0 radical (unpaired) electrons. The summed E-state index contributed by atoms with van der Waals surface area (Å²) in [6, 6.07) is 0. The second-order valence-corrected chi connectivity index (χ2v) is 6.31. The Morgan fingerprint density at radius 3 is 1.15 bits per heavy atom. The highest BCUT2D eigenvalue weighted by Crippen LogP contribution is 2.20. The molecule has 158 valence electrons. The Hall–Kier alpha value is -1.75. The van der Waals surface area contributed by atoms with E-state index < -0.39 is 23.3 Å². The van der Waals surface area contributed by atoms with E-state index in [9.17, 15) is 19.5 Å². The Morgan fingerprint density at radius 1 is 0.630 bits per heavy atom. The minimum Gasteiger partial charge on any atom is -0.481 e. The number of aliphatic hydroxyl groups excluding tert-OH is 1. The van der Waals surface area contributed by atoms with Gasteiger partial charge >= 0.3 is 17.9 Å². The molecule has 10 heteroatoms. The summed E-state index contributed by atoms with van der Waals surface area (Å²) in [4.78, 5) is 31.5. The van der Waals surface area contributed by atoms with Crippen molar-refractivity contribution in [2.45, 2.75) is 38.5 Å². The number of carboxylic acid groups (broad SMARTS) is 3. The van der Waals surface area contributed by atoms with Gasteiger partial charge in [-0.3, -0.25) is 14.4 Å². The standard InChI is InChI=1S/C17H30O10/c18-10-17(11-25-7-1-4-14(19)20,12-26-8-2-5-15(21)22)13-27-9-3-6-16(23)24/h18H,1-13H2,(H,19,20)(H,21,22)(H,23,24). The Kier molecular flexibility index (Phi) is 14.3. The minimum absolute atomic E-state index is 0.0243. The van der Waals surface area contributed by atoms with Gasteiger partial charge in [0.15, 0.2) is 0 Å². The molecule has 4 N–H and O–H groups in total. The third kappa shape index (κ3) is 15.0. The molecule has 0 rings (SSSR count). The molecule has 0 aliphatic carbocycles. The van der Waals surface area contributed by atoms with Crippen LogP contribution in [0.3, 0.4) is 0 Å². The molecule has 0 aliphatic heterocycles. The summed E-state index contributed by atoms with van der Waals surface area (Å²) >= 11 is 0. The predicted octanol–water partition coefficient (Wildman–Crippen LogP) is 0.609. The molecule has 0 unspecified atom stereocenters. The summed E-state index contributed by atoms with van der Waals surface area (Å²) in [5.74, 6) is -2.76. The molecule has 0 bridgehead atoms. The molecule has 0 aliphatic rings. The zero-order valence-corrected chi connectivity index (χ0v) is 15.4. The maximum absolute atomic E-state index is 10.5. The van der Waals surface area contributed by atoms with Crippen LogP contribution in [0.1, 0.15) is 38.5 Å². The van der Waals surface area contributed by atoms with Gasteiger partial charge in [0, 0.05) is 39.1 Å². The highest BCUT2D eigenvalue weighted by Gasteiger charge is 2.31.